The second-order valence-corrected chi connectivity index (χ2v) is 8.14. The molecule has 6 heteroatoms. The van der Waals surface area contributed by atoms with Crippen molar-refractivity contribution in [2.24, 2.45) is 5.92 Å². The summed E-state index contributed by atoms with van der Waals surface area (Å²) >= 11 is 6.27. The van der Waals surface area contributed by atoms with E-state index < -0.39 is 0 Å². The maximum atomic E-state index is 13.0. The SMILES string of the molecule is O=C(Nc1cc(Cl)cc2c1C(=O)N(CC1CC1)C2)c1ccnc2c1CCC2. The number of aromatic nitrogens is 1. The van der Waals surface area contributed by atoms with Crippen LogP contribution in [-0.2, 0) is 19.4 Å². The number of benzene rings is 1. The van der Waals surface area contributed by atoms with Gasteiger partial charge in [-0.25, -0.2) is 0 Å². The number of nitrogens with one attached hydrogen (secondary N) is 1. The zero-order valence-corrected chi connectivity index (χ0v) is 15.7. The number of aryl methyl sites for hydroxylation is 1. The summed E-state index contributed by atoms with van der Waals surface area (Å²) < 4.78 is 0. The molecule has 1 saturated carbocycles. The Bertz CT molecular complexity index is 968. The summed E-state index contributed by atoms with van der Waals surface area (Å²) in [5.74, 6) is 0.411. The standard InChI is InChI=1S/C21H20ClN3O2/c22-14-8-13-11-25(10-12-4-5-12)21(27)19(13)18(9-14)24-20(26)16-6-7-23-17-3-1-2-15(16)17/h6-9,12H,1-5,10-11H2,(H,24,26). The average Bonchev–Trinajstić information content (AvgIpc) is 3.22. The Morgan fingerprint density at radius 3 is 2.96 bits per heavy atom. The van der Waals surface area contributed by atoms with Crippen molar-refractivity contribution in [1.82, 2.24) is 9.88 Å². The lowest BCUT2D eigenvalue weighted by Crippen LogP contribution is -2.26. The van der Waals surface area contributed by atoms with Crippen molar-refractivity contribution in [3.63, 3.8) is 0 Å². The van der Waals surface area contributed by atoms with E-state index in [0.717, 1.165) is 42.6 Å². The van der Waals surface area contributed by atoms with Crippen LogP contribution in [0.1, 0.15) is 56.8 Å². The van der Waals surface area contributed by atoms with Crippen molar-refractivity contribution in [3.05, 3.63) is 57.4 Å². The molecular weight excluding hydrogens is 362 g/mol. The normalized spacial score (nSPS) is 17.8. The average molecular weight is 382 g/mol. The van der Waals surface area contributed by atoms with E-state index in [9.17, 15) is 9.59 Å². The van der Waals surface area contributed by atoms with Crippen LogP contribution in [0, 0.1) is 5.92 Å². The summed E-state index contributed by atoms with van der Waals surface area (Å²) in [4.78, 5) is 32.1. The number of nitrogens with zero attached hydrogens (tertiary/aromatic N) is 2. The minimum Gasteiger partial charge on any atom is -0.334 e. The van der Waals surface area contributed by atoms with E-state index in [4.69, 9.17) is 11.6 Å². The first-order valence-electron chi connectivity index (χ1n) is 9.50. The second kappa shape index (κ2) is 6.34. The van der Waals surface area contributed by atoms with Crippen molar-refractivity contribution in [2.75, 3.05) is 11.9 Å². The minimum atomic E-state index is -0.201. The molecule has 0 saturated heterocycles. The fraction of sp³-hybridized carbons (Fsp3) is 0.381. The third-order valence-corrected chi connectivity index (χ3v) is 5.92. The minimum absolute atomic E-state index is 0.0103. The maximum Gasteiger partial charge on any atom is 0.256 e. The maximum absolute atomic E-state index is 13.0. The van der Waals surface area contributed by atoms with Gasteiger partial charge < -0.3 is 10.2 Å². The fourth-order valence-electron chi connectivity index (χ4n) is 4.20. The van der Waals surface area contributed by atoms with Crippen molar-refractivity contribution in [2.45, 2.75) is 38.6 Å². The van der Waals surface area contributed by atoms with Gasteiger partial charge in [0.15, 0.2) is 0 Å². The zero-order chi connectivity index (χ0) is 18.5. The van der Waals surface area contributed by atoms with E-state index in [2.05, 4.69) is 10.3 Å². The summed E-state index contributed by atoms with van der Waals surface area (Å²) in [5.41, 5.74) is 4.66. The third-order valence-electron chi connectivity index (χ3n) is 5.70. The molecule has 2 aliphatic carbocycles. The van der Waals surface area contributed by atoms with Crippen LogP contribution in [0.3, 0.4) is 0 Å². The number of fused-ring (bicyclic) bond motifs is 2. The number of pyridine rings is 1. The monoisotopic (exact) mass is 381 g/mol. The third kappa shape index (κ3) is 3.00. The van der Waals surface area contributed by atoms with Gasteiger partial charge in [0, 0.05) is 35.6 Å². The van der Waals surface area contributed by atoms with Gasteiger partial charge in [-0.2, -0.15) is 0 Å². The molecule has 1 aromatic carbocycles. The van der Waals surface area contributed by atoms with E-state index >= 15 is 0 Å². The Hall–Kier alpha value is -2.40. The van der Waals surface area contributed by atoms with E-state index in [-0.39, 0.29) is 11.8 Å². The fourth-order valence-corrected chi connectivity index (χ4v) is 4.44. The van der Waals surface area contributed by atoms with Crippen molar-refractivity contribution >= 4 is 29.1 Å². The smallest absolute Gasteiger partial charge is 0.256 e. The summed E-state index contributed by atoms with van der Waals surface area (Å²) in [6.07, 6.45) is 6.87. The summed E-state index contributed by atoms with van der Waals surface area (Å²) in [6.45, 7) is 1.36. The lowest BCUT2D eigenvalue weighted by atomic mass is 10.1. The largest absolute Gasteiger partial charge is 0.334 e. The Morgan fingerprint density at radius 1 is 1.30 bits per heavy atom. The van der Waals surface area contributed by atoms with Crippen molar-refractivity contribution < 1.29 is 9.59 Å². The molecule has 0 atom stereocenters. The van der Waals surface area contributed by atoms with Gasteiger partial charge in [0.1, 0.15) is 0 Å². The first kappa shape index (κ1) is 16.8. The van der Waals surface area contributed by atoms with Crippen LogP contribution in [0.4, 0.5) is 5.69 Å². The number of hydrogen-bond donors (Lipinski definition) is 1. The quantitative estimate of drug-likeness (QED) is 0.875. The number of hydrogen-bond acceptors (Lipinski definition) is 3. The lowest BCUT2D eigenvalue weighted by molar-refractivity contribution is 0.0772. The molecule has 0 radical (unpaired) electrons. The second-order valence-electron chi connectivity index (χ2n) is 7.71. The van der Waals surface area contributed by atoms with Crippen LogP contribution >= 0.6 is 11.6 Å². The summed E-state index contributed by atoms with van der Waals surface area (Å²) in [6, 6.07) is 5.27. The lowest BCUT2D eigenvalue weighted by Gasteiger charge is -2.15. The highest BCUT2D eigenvalue weighted by atomic mass is 35.5. The predicted molar refractivity (Wildman–Crippen MR) is 103 cm³/mol. The topological polar surface area (TPSA) is 62.3 Å². The molecule has 0 spiro atoms. The molecule has 1 N–H and O–H groups in total. The van der Waals surface area contributed by atoms with Gasteiger partial charge in [-0.3, -0.25) is 14.6 Å². The number of carbonyl (C=O) groups excluding carboxylic acids is 2. The van der Waals surface area contributed by atoms with Crippen LogP contribution in [0.2, 0.25) is 5.02 Å². The Kier molecular flexibility index (Phi) is 3.93. The van der Waals surface area contributed by atoms with Crippen LogP contribution in [0.15, 0.2) is 24.4 Å². The van der Waals surface area contributed by atoms with Crippen LogP contribution in [-0.4, -0.2) is 28.2 Å². The van der Waals surface area contributed by atoms with Crippen molar-refractivity contribution in [3.8, 4) is 0 Å². The summed E-state index contributed by atoms with van der Waals surface area (Å²) in [5, 5.41) is 3.48. The number of rotatable bonds is 4. The van der Waals surface area contributed by atoms with E-state index in [1.165, 1.54) is 12.8 Å². The molecule has 1 aliphatic heterocycles. The Labute approximate surface area is 162 Å². The molecule has 138 valence electrons. The molecule has 1 fully saturated rings. The van der Waals surface area contributed by atoms with Gasteiger partial charge in [0.2, 0.25) is 0 Å². The predicted octanol–water partition coefficient (Wildman–Crippen LogP) is 3.84. The van der Waals surface area contributed by atoms with Gasteiger partial charge in [-0.1, -0.05) is 11.6 Å². The summed E-state index contributed by atoms with van der Waals surface area (Å²) in [7, 11) is 0. The molecule has 0 bridgehead atoms. The number of amides is 2. The van der Waals surface area contributed by atoms with Gasteiger partial charge in [0.05, 0.1) is 11.3 Å². The Morgan fingerprint density at radius 2 is 2.15 bits per heavy atom. The first-order chi connectivity index (χ1) is 13.1. The van der Waals surface area contributed by atoms with Crippen LogP contribution in [0.5, 0.6) is 0 Å². The van der Waals surface area contributed by atoms with E-state index in [1.807, 2.05) is 11.0 Å². The molecule has 2 amide bonds. The molecular formula is C21H20ClN3O2. The van der Waals surface area contributed by atoms with E-state index in [1.54, 1.807) is 18.3 Å². The van der Waals surface area contributed by atoms with Gasteiger partial charge >= 0.3 is 0 Å². The van der Waals surface area contributed by atoms with E-state index in [0.29, 0.717) is 34.3 Å². The molecule has 2 aromatic rings. The number of anilines is 1. The molecule has 2 heterocycles. The van der Waals surface area contributed by atoms with Crippen molar-refractivity contribution in [1.29, 1.82) is 0 Å². The molecule has 1 aromatic heterocycles. The van der Waals surface area contributed by atoms with Gasteiger partial charge in [-0.15, -0.1) is 0 Å². The highest BCUT2D eigenvalue weighted by molar-refractivity contribution is 6.31. The highest BCUT2D eigenvalue weighted by Crippen LogP contribution is 2.37. The molecule has 5 nitrogen and oxygen atoms in total. The molecule has 3 aliphatic rings. The van der Waals surface area contributed by atoms with Crippen LogP contribution in [0.25, 0.3) is 0 Å². The molecule has 5 rings (SSSR count). The van der Waals surface area contributed by atoms with Crippen LogP contribution < -0.4 is 5.32 Å². The zero-order valence-electron chi connectivity index (χ0n) is 14.9. The number of halogens is 1. The molecule has 0 unspecified atom stereocenters. The Balaban J connectivity index is 1.46. The molecule has 27 heavy (non-hydrogen) atoms. The van der Waals surface area contributed by atoms with Gasteiger partial charge in [-0.05, 0) is 67.3 Å². The highest BCUT2D eigenvalue weighted by Gasteiger charge is 2.35. The van der Waals surface area contributed by atoms with Gasteiger partial charge in [0.25, 0.3) is 11.8 Å². The first-order valence-corrected chi connectivity index (χ1v) is 9.88. The number of carbonyl (C=O) groups is 2.